The third kappa shape index (κ3) is 10.2. The normalized spacial score (nSPS) is 14.9. The molecule has 0 fully saturated rings. The number of benzene rings is 1. The molecule has 2 unspecified atom stereocenters. The van der Waals surface area contributed by atoms with Crippen molar-refractivity contribution in [1.82, 2.24) is 0 Å². The molecule has 0 saturated heterocycles. The molecule has 0 saturated carbocycles. The van der Waals surface area contributed by atoms with Gasteiger partial charge < -0.3 is 9.47 Å². The van der Waals surface area contributed by atoms with Crippen LogP contribution in [0.5, 0.6) is 5.75 Å². The summed E-state index contributed by atoms with van der Waals surface area (Å²) in [6, 6.07) is 8.60. The van der Waals surface area contributed by atoms with Crippen molar-refractivity contribution in [2.75, 3.05) is 6.61 Å². The van der Waals surface area contributed by atoms with Crippen molar-refractivity contribution in [2.24, 2.45) is 16.2 Å². The summed E-state index contributed by atoms with van der Waals surface area (Å²) in [5.74, 6) is 1.34. The van der Waals surface area contributed by atoms with Gasteiger partial charge in [-0.3, -0.25) is 0 Å². The summed E-state index contributed by atoms with van der Waals surface area (Å²) in [5, 5.41) is 0. The van der Waals surface area contributed by atoms with Crippen molar-refractivity contribution in [2.45, 2.75) is 87.4 Å². The number of ether oxygens (including phenoxy) is 2. The number of hydrogen-bond donors (Lipinski definition) is 0. The molecule has 0 N–H and O–H groups in total. The topological polar surface area (TPSA) is 18.5 Å². The summed E-state index contributed by atoms with van der Waals surface area (Å²) in [6.07, 6.45) is 3.36. The molecule has 0 bridgehead atoms. The Balaban J connectivity index is 2.97. The third-order valence-corrected chi connectivity index (χ3v) is 4.93. The highest BCUT2D eigenvalue weighted by molar-refractivity contribution is 5.30. The molecule has 0 aliphatic heterocycles. The van der Waals surface area contributed by atoms with Gasteiger partial charge >= 0.3 is 0 Å². The fourth-order valence-corrected chi connectivity index (χ4v) is 3.36. The highest BCUT2D eigenvalue weighted by Gasteiger charge is 2.30. The molecule has 0 spiro atoms. The van der Waals surface area contributed by atoms with Gasteiger partial charge in [0.05, 0.1) is 6.61 Å². The average Bonchev–Trinajstić information content (AvgIpc) is 2.55. The Morgan fingerprint density at radius 3 is 1.83 bits per heavy atom. The molecule has 0 aromatic heterocycles. The molecule has 29 heavy (non-hydrogen) atoms. The zero-order chi connectivity index (χ0) is 22.5. The molecule has 0 aliphatic rings. The Morgan fingerprint density at radius 2 is 1.41 bits per heavy atom. The maximum absolute atomic E-state index is 6.21. The van der Waals surface area contributed by atoms with E-state index >= 15 is 0 Å². The predicted octanol–water partition coefficient (Wildman–Crippen LogP) is 8.15. The molecule has 0 amide bonds. The second-order valence-electron chi connectivity index (χ2n) is 11.7. The van der Waals surface area contributed by atoms with Crippen LogP contribution in [0.1, 0.15) is 86.6 Å². The number of rotatable bonds is 9. The van der Waals surface area contributed by atoms with Crippen LogP contribution in [0, 0.1) is 16.2 Å². The first kappa shape index (κ1) is 25.5. The van der Waals surface area contributed by atoms with Crippen LogP contribution in [0.2, 0.25) is 0 Å². The summed E-state index contributed by atoms with van der Waals surface area (Å²) < 4.78 is 12.2. The van der Waals surface area contributed by atoms with Gasteiger partial charge in [-0.2, -0.15) is 0 Å². The van der Waals surface area contributed by atoms with E-state index < -0.39 is 0 Å². The zero-order valence-corrected chi connectivity index (χ0v) is 20.4. The lowest BCUT2D eigenvalue weighted by atomic mass is 9.69. The first-order valence-electron chi connectivity index (χ1n) is 10.8. The lowest BCUT2D eigenvalue weighted by Crippen LogP contribution is -2.27. The van der Waals surface area contributed by atoms with Crippen molar-refractivity contribution in [1.29, 1.82) is 0 Å². The van der Waals surface area contributed by atoms with Crippen LogP contribution in [-0.2, 0) is 4.74 Å². The Labute approximate surface area is 180 Å². The number of hydrogen-bond acceptors (Lipinski definition) is 2. The van der Waals surface area contributed by atoms with Crippen LogP contribution in [-0.4, -0.2) is 12.9 Å². The van der Waals surface area contributed by atoms with E-state index in [1.807, 2.05) is 0 Å². The maximum atomic E-state index is 6.21. The van der Waals surface area contributed by atoms with Crippen LogP contribution in [0.25, 0.3) is 0 Å². The van der Waals surface area contributed by atoms with Gasteiger partial charge in [0.1, 0.15) is 5.75 Å². The summed E-state index contributed by atoms with van der Waals surface area (Å²) in [5.41, 5.74) is 2.82. The van der Waals surface area contributed by atoms with Crippen LogP contribution >= 0.6 is 0 Å². The average molecular weight is 401 g/mol. The zero-order valence-electron chi connectivity index (χ0n) is 20.4. The van der Waals surface area contributed by atoms with Gasteiger partial charge in [-0.25, -0.2) is 0 Å². The second kappa shape index (κ2) is 9.98. The minimum atomic E-state index is -0.314. The molecule has 1 aromatic rings. The van der Waals surface area contributed by atoms with Gasteiger partial charge in [0.2, 0.25) is 6.29 Å². The molecular weight excluding hydrogens is 356 g/mol. The molecule has 0 heterocycles. The molecule has 2 atom stereocenters. The van der Waals surface area contributed by atoms with Gasteiger partial charge in [-0.15, -0.1) is 0 Å². The first-order chi connectivity index (χ1) is 13.1. The van der Waals surface area contributed by atoms with E-state index in [0.29, 0.717) is 12.5 Å². The Bertz CT molecular complexity index is 648. The van der Waals surface area contributed by atoms with E-state index in [1.165, 1.54) is 5.56 Å². The van der Waals surface area contributed by atoms with E-state index in [0.717, 1.165) is 24.2 Å². The smallest absolute Gasteiger partial charge is 0.200 e. The fourth-order valence-electron chi connectivity index (χ4n) is 3.36. The third-order valence-electron chi connectivity index (χ3n) is 4.93. The maximum Gasteiger partial charge on any atom is 0.200 e. The molecular formula is C27H44O2. The molecule has 0 aliphatic carbocycles. The Kier molecular flexibility index (Phi) is 8.77. The summed E-state index contributed by atoms with van der Waals surface area (Å²) in [7, 11) is 0. The molecule has 1 aromatic carbocycles. The van der Waals surface area contributed by atoms with Crippen LogP contribution in [0.3, 0.4) is 0 Å². The monoisotopic (exact) mass is 400 g/mol. The summed E-state index contributed by atoms with van der Waals surface area (Å²) in [6.45, 7) is 28.6. The van der Waals surface area contributed by atoms with Gasteiger partial charge in [-0.05, 0) is 51.9 Å². The summed E-state index contributed by atoms with van der Waals surface area (Å²) >= 11 is 0. The van der Waals surface area contributed by atoms with E-state index in [9.17, 15) is 0 Å². The second-order valence-corrected chi connectivity index (χ2v) is 11.7. The van der Waals surface area contributed by atoms with Crippen LogP contribution in [0.4, 0.5) is 0 Å². The van der Waals surface area contributed by atoms with E-state index in [-0.39, 0.29) is 22.5 Å². The van der Waals surface area contributed by atoms with Gasteiger partial charge in [0.15, 0.2) is 0 Å². The van der Waals surface area contributed by atoms with E-state index in [1.54, 1.807) is 6.08 Å². The minimum absolute atomic E-state index is 0.101. The van der Waals surface area contributed by atoms with Crippen LogP contribution < -0.4 is 4.74 Å². The SMILES string of the molecule is C=CC(=C)COC(CC(C)(C)C)Oc1ccc(C(CC(C)(C)C)C(C)(C)C)cc1. The summed E-state index contributed by atoms with van der Waals surface area (Å²) in [4.78, 5) is 0. The predicted molar refractivity (Wildman–Crippen MR) is 126 cm³/mol. The van der Waals surface area contributed by atoms with Crippen molar-refractivity contribution >= 4 is 0 Å². The van der Waals surface area contributed by atoms with Gasteiger partial charge in [0, 0.05) is 6.42 Å². The van der Waals surface area contributed by atoms with E-state index in [4.69, 9.17) is 9.47 Å². The minimum Gasteiger partial charge on any atom is -0.465 e. The van der Waals surface area contributed by atoms with Crippen LogP contribution in [0.15, 0.2) is 49.1 Å². The van der Waals surface area contributed by atoms with Crippen molar-refractivity contribution < 1.29 is 9.47 Å². The van der Waals surface area contributed by atoms with Gasteiger partial charge in [-0.1, -0.05) is 93.7 Å². The quantitative estimate of drug-likeness (QED) is 0.307. The molecule has 2 heteroatoms. The Hall–Kier alpha value is -1.54. The molecule has 164 valence electrons. The Morgan fingerprint density at radius 1 is 0.897 bits per heavy atom. The van der Waals surface area contributed by atoms with Crippen molar-refractivity contribution in [3.05, 3.63) is 54.6 Å². The molecule has 0 radical (unpaired) electrons. The standard InChI is InChI=1S/C27H44O2/c1-12-20(2)19-28-24(18-26(6,7)8)29-22-15-13-21(14-16-22)23(27(9,10)11)17-25(3,4)5/h12-16,23-24H,1-2,17-19H2,3-11H3. The fraction of sp³-hybridized carbons (Fsp3) is 0.630. The first-order valence-corrected chi connectivity index (χ1v) is 10.8. The largest absolute Gasteiger partial charge is 0.465 e. The lowest BCUT2D eigenvalue weighted by molar-refractivity contribution is -0.0911. The van der Waals surface area contributed by atoms with Crippen molar-refractivity contribution in [3.63, 3.8) is 0 Å². The van der Waals surface area contributed by atoms with E-state index in [2.05, 4.69) is 99.7 Å². The highest BCUT2D eigenvalue weighted by atomic mass is 16.7. The molecule has 2 nitrogen and oxygen atoms in total. The van der Waals surface area contributed by atoms with Gasteiger partial charge in [0.25, 0.3) is 0 Å². The lowest BCUT2D eigenvalue weighted by Gasteiger charge is -2.36. The molecule has 1 rings (SSSR count). The van der Waals surface area contributed by atoms with Crippen molar-refractivity contribution in [3.8, 4) is 5.75 Å². The highest BCUT2D eigenvalue weighted by Crippen LogP contribution is 2.43.